The van der Waals surface area contributed by atoms with E-state index in [0.29, 0.717) is 37.4 Å². The first-order valence-corrected chi connectivity index (χ1v) is 9.21. The highest BCUT2D eigenvalue weighted by Gasteiger charge is 2.31. The lowest BCUT2D eigenvalue weighted by Gasteiger charge is -2.17. The lowest BCUT2D eigenvalue weighted by Crippen LogP contribution is -2.43. The van der Waals surface area contributed by atoms with Crippen molar-refractivity contribution < 1.29 is 19.1 Å². The molecule has 0 saturated carbocycles. The van der Waals surface area contributed by atoms with E-state index in [1.165, 1.54) is 0 Å². The Bertz CT molecular complexity index is 826. The highest BCUT2D eigenvalue weighted by Crippen LogP contribution is 2.27. The van der Waals surface area contributed by atoms with Gasteiger partial charge in [0.2, 0.25) is 5.91 Å². The lowest BCUT2D eigenvalue weighted by molar-refractivity contribution is -0.117. The summed E-state index contributed by atoms with van der Waals surface area (Å²) in [5.74, 6) is 1.35. The smallest absolute Gasteiger partial charge is 0.315 e. The van der Waals surface area contributed by atoms with Crippen molar-refractivity contribution >= 4 is 17.6 Å². The molecule has 7 heteroatoms. The summed E-state index contributed by atoms with van der Waals surface area (Å²) in [4.78, 5) is 26.1. The second-order valence-corrected chi connectivity index (χ2v) is 6.58. The zero-order valence-corrected chi connectivity index (χ0v) is 16.1. The van der Waals surface area contributed by atoms with Gasteiger partial charge in [-0.1, -0.05) is 24.3 Å². The Morgan fingerprint density at radius 2 is 1.86 bits per heavy atom. The molecule has 1 aliphatic rings. The molecule has 7 nitrogen and oxygen atoms in total. The summed E-state index contributed by atoms with van der Waals surface area (Å²) < 4.78 is 10.5. The third-order valence-electron chi connectivity index (χ3n) is 4.68. The van der Waals surface area contributed by atoms with E-state index in [-0.39, 0.29) is 18.0 Å². The van der Waals surface area contributed by atoms with Crippen LogP contribution < -0.4 is 25.0 Å². The molecular formula is C21H25N3O4. The van der Waals surface area contributed by atoms with Crippen molar-refractivity contribution in [1.29, 1.82) is 0 Å². The molecule has 2 aromatic rings. The minimum Gasteiger partial charge on any atom is -0.493 e. The number of hydrogen-bond donors (Lipinski definition) is 2. The molecule has 0 aromatic heterocycles. The van der Waals surface area contributed by atoms with Crippen molar-refractivity contribution in [3.8, 4) is 11.5 Å². The predicted molar refractivity (Wildman–Crippen MR) is 107 cm³/mol. The van der Waals surface area contributed by atoms with Crippen molar-refractivity contribution in [1.82, 2.24) is 10.6 Å². The topological polar surface area (TPSA) is 79.9 Å². The molecule has 1 heterocycles. The van der Waals surface area contributed by atoms with Crippen LogP contribution in [0, 0.1) is 0 Å². The fourth-order valence-electron chi connectivity index (χ4n) is 3.25. The SMILES string of the molecule is COc1ccc(CCNC(=O)N[C@H]2CC(=O)N(c3ccccc3)C2)cc1OC. The molecule has 1 atom stereocenters. The predicted octanol–water partition coefficient (Wildman–Crippen LogP) is 2.35. The number of para-hydroxylation sites is 1. The molecular weight excluding hydrogens is 358 g/mol. The molecule has 0 aliphatic carbocycles. The maximum Gasteiger partial charge on any atom is 0.315 e. The van der Waals surface area contributed by atoms with Crippen molar-refractivity contribution in [2.24, 2.45) is 0 Å². The Kier molecular flexibility index (Phi) is 6.37. The number of benzene rings is 2. The summed E-state index contributed by atoms with van der Waals surface area (Å²) in [6.07, 6.45) is 0.964. The number of carbonyl (C=O) groups is 2. The molecule has 2 aromatic carbocycles. The number of methoxy groups -OCH3 is 2. The van der Waals surface area contributed by atoms with E-state index in [4.69, 9.17) is 9.47 Å². The molecule has 0 bridgehead atoms. The summed E-state index contributed by atoms with van der Waals surface area (Å²) in [6, 6.07) is 14.7. The van der Waals surface area contributed by atoms with Crippen LogP contribution in [0.4, 0.5) is 10.5 Å². The van der Waals surface area contributed by atoms with Crippen LogP contribution in [-0.2, 0) is 11.2 Å². The van der Waals surface area contributed by atoms with E-state index in [1.807, 2.05) is 48.5 Å². The zero-order valence-electron chi connectivity index (χ0n) is 16.1. The number of rotatable bonds is 7. The van der Waals surface area contributed by atoms with Gasteiger partial charge in [-0.2, -0.15) is 0 Å². The van der Waals surface area contributed by atoms with Gasteiger partial charge in [0.25, 0.3) is 0 Å². The van der Waals surface area contributed by atoms with Crippen molar-refractivity contribution in [3.63, 3.8) is 0 Å². The fourth-order valence-corrected chi connectivity index (χ4v) is 3.25. The molecule has 3 rings (SSSR count). The van der Waals surface area contributed by atoms with E-state index in [0.717, 1.165) is 11.3 Å². The van der Waals surface area contributed by atoms with Crippen LogP contribution in [-0.4, -0.2) is 45.3 Å². The van der Waals surface area contributed by atoms with Gasteiger partial charge in [0.1, 0.15) is 0 Å². The fraction of sp³-hybridized carbons (Fsp3) is 0.333. The highest BCUT2D eigenvalue weighted by molar-refractivity contribution is 5.96. The zero-order chi connectivity index (χ0) is 19.9. The second-order valence-electron chi connectivity index (χ2n) is 6.58. The maximum absolute atomic E-state index is 12.2. The first-order chi connectivity index (χ1) is 13.6. The quantitative estimate of drug-likeness (QED) is 0.769. The van der Waals surface area contributed by atoms with Gasteiger partial charge in [-0.25, -0.2) is 4.79 Å². The summed E-state index contributed by atoms with van der Waals surface area (Å²) in [5, 5.41) is 5.72. The van der Waals surface area contributed by atoms with Gasteiger partial charge in [0, 0.05) is 25.2 Å². The first kappa shape index (κ1) is 19.5. The summed E-state index contributed by atoms with van der Waals surface area (Å²) >= 11 is 0. The summed E-state index contributed by atoms with van der Waals surface area (Å²) in [5.41, 5.74) is 1.88. The molecule has 0 unspecified atom stereocenters. The standard InChI is InChI=1S/C21H25N3O4/c1-27-18-9-8-15(12-19(18)28-2)10-11-22-21(26)23-16-13-20(25)24(14-16)17-6-4-3-5-7-17/h3-9,12,16H,10-11,13-14H2,1-2H3,(H2,22,23,26)/t16-/m0/s1. The largest absolute Gasteiger partial charge is 0.493 e. The van der Waals surface area contributed by atoms with Gasteiger partial charge < -0.3 is 25.0 Å². The Morgan fingerprint density at radius 1 is 1.11 bits per heavy atom. The van der Waals surface area contributed by atoms with Gasteiger partial charge in [0.05, 0.1) is 20.3 Å². The van der Waals surface area contributed by atoms with E-state index >= 15 is 0 Å². The monoisotopic (exact) mass is 383 g/mol. The van der Waals surface area contributed by atoms with Crippen molar-refractivity contribution in [2.45, 2.75) is 18.9 Å². The van der Waals surface area contributed by atoms with Crippen LogP contribution >= 0.6 is 0 Å². The third-order valence-corrected chi connectivity index (χ3v) is 4.68. The number of anilines is 1. The van der Waals surface area contributed by atoms with Crippen LogP contribution in [0.1, 0.15) is 12.0 Å². The normalized spacial score (nSPS) is 16.0. The Balaban J connectivity index is 1.46. The average Bonchev–Trinajstić information content (AvgIpc) is 3.08. The molecule has 3 amide bonds. The number of amides is 3. The van der Waals surface area contributed by atoms with Gasteiger partial charge in [-0.05, 0) is 36.2 Å². The summed E-state index contributed by atoms with van der Waals surface area (Å²) in [6.45, 7) is 0.955. The van der Waals surface area contributed by atoms with Gasteiger partial charge in [-0.3, -0.25) is 4.79 Å². The molecule has 2 N–H and O–H groups in total. The van der Waals surface area contributed by atoms with Gasteiger partial charge in [-0.15, -0.1) is 0 Å². The maximum atomic E-state index is 12.2. The molecule has 0 spiro atoms. The molecule has 1 saturated heterocycles. The van der Waals surface area contributed by atoms with Crippen LogP contribution in [0.5, 0.6) is 11.5 Å². The second kappa shape index (κ2) is 9.12. The first-order valence-electron chi connectivity index (χ1n) is 9.21. The number of carbonyl (C=O) groups excluding carboxylic acids is 2. The van der Waals surface area contributed by atoms with Gasteiger partial charge in [0.15, 0.2) is 11.5 Å². The number of ether oxygens (including phenoxy) is 2. The minimum absolute atomic E-state index is 0.0156. The number of urea groups is 1. The van der Waals surface area contributed by atoms with Gasteiger partial charge >= 0.3 is 6.03 Å². The molecule has 28 heavy (non-hydrogen) atoms. The molecule has 1 aliphatic heterocycles. The Labute approximate surface area is 164 Å². The van der Waals surface area contributed by atoms with E-state index in [1.54, 1.807) is 19.1 Å². The lowest BCUT2D eigenvalue weighted by atomic mass is 10.1. The Morgan fingerprint density at radius 3 is 2.57 bits per heavy atom. The Hall–Kier alpha value is -3.22. The van der Waals surface area contributed by atoms with Crippen LogP contribution in [0.15, 0.2) is 48.5 Å². The third kappa shape index (κ3) is 4.73. The molecule has 148 valence electrons. The van der Waals surface area contributed by atoms with Crippen LogP contribution in [0.3, 0.4) is 0 Å². The van der Waals surface area contributed by atoms with Crippen LogP contribution in [0.2, 0.25) is 0 Å². The van der Waals surface area contributed by atoms with Crippen molar-refractivity contribution in [2.75, 3.05) is 32.2 Å². The van der Waals surface area contributed by atoms with E-state index in [9.17, 15) is 9.59 Å². The minimum atomic E-state index is -0.270. The summed E-state index contributed by atoms with van der Waals surface area (Å²) in [7, 11) is 3.19. The van der Waals surface area contributed by atoms with E-state index < -0.39 is 0 Å². The average molecular weight is 383 g/mol. The van der Waals surface area contributed by atoms with Crippen molar-refractivity contribution in [3.05, 3.63) is 54.1 Å². The number of nitrogens with zero attached hydrogens (tertiary/aromatic N) is 1. The number of nitrogens with one attached hydrogen (secondary N) is 2. The van der Waals surface area contributed by atoms with Crippen LogP contribution in [0.25, 0.3) is 0 Å². The molecule has 0 radical (unpaired) electrons. The molecule has 1 fully saturated rings. The van der Waals surface area contributed by atoms with E-state index in [2.05, 4.69) is 10.6 Å². The highest BCUT2D eigenvalue weighted by atomic mass is 16.5. The number of hydrogen-bond acceptors (Lipinski definition) is 4.